The maximum atomic E-state index is 16.2. The Balaban J connectivity index is 1.39. The van der Waals surface area contributed by atoms with Crippen molar-refractivity contribution in [2.75, 3.05) is 26.4 Å². The van der Waals surface area contributed by atoms with E-state index in [1.165, 1.54) is 0 Å². The van der Waals surface area contributed by atoms with Gasteiger partial charge in [-0.15, -0.1) is 5.10 Å². The molecule has 4 heterocycles. The van der Waals surface area contributed by atoms with Crippen molar-refractivity contribution in [3.05, 3.63) is 45.2 Å². The van der Waals surface area contributed by atoms with E-state index in [1.807, 2.05) is 38.6 Å². The molecule has 0 saturated carbocycles. The highest BCUT2D eigenvalue weighted by Gasteiger charge is 2.37. The summed E-state index contributed by atoms with van der Waals surface area (Å²) >= 11 is 2.36. The summed E-state index contributed by atoms with van der Waals surface area (Å²) in [6, 6.07) is 3.61. The van der Waals surface area contributed by atoms with Crippen LogP contribution in [0.5, 0.6) is 11.8 Å². The molecule has 1 fully saturated rings. The molecular formula is C39H59FIN7O4Si. The molecule has 0 radical (unpaired) electrons. The predicted molar refractivity (Wildman–Crippen MR) is 220 cm³/mol. The highest BCUT2D eigenvalue weighted by Crippen LogP contribution is 2.40. The largest absolute Gasteiger partial charge is 0.476 e. The smallest absolute Gasteiger partial charge is 0.246 e. The molecule has 0 spiro atoms. The van der Waals surface area contributed by atoms with E-state index >= 15 is 4.39 Å². The van der Waals surface area contributed by atoms with Crippen molar-refractivity contribution in [2.45, 2.75) is 124 Å². The number of benzene rings is 1. The number of hydrogen-bond acceptors (Lipinski definition) is 8. The summed E-state index contributed by atoms with van der Waals surface area (Å²) in [4.78, 5) is 2.37. The molecule has 1 aliphatic heterocycles. The maximum Gasteiger partial charge on any atom is 0.246 e. The van der Waals surface area contributed by atoms with Crippen LogP contribution in [0.25, 0.3) is 28.1 Å². The van der Waals surface area contributed by atoms with E-state index < -0.39 is 8.32 Å². The van der Waals surface area contributed by atoms with Crippen molar-refractivity contribution in [1.29, 1.82) is 0 Å². The van der Waals surface area contributed by atoms with E-state index in [-0.39, 0.29) is 29.2 Å². The molecule has 0 aliphatic carbocycles. The Kier molecular flexibility index (Phi) is 13.2. The number of nitrogens with zero attached hydrogens (tertiary/aromatic N) is 7. The number of rotatable bonds is 16. The van der Waals surface area contributed by atoms with Crippen molar-refractivity contribution in [1.82, 2.24) is 34.2 Å². The summed E-state index contributed by atoms with van der Waals surface area (Å²) in [5.74, 6) is 0.794. The van der Waals surface area contributed by atoms with Gasteiger partial charge >= 0.3 is 0 Å². The number of ether oxygens (including phenoxy) is 3. The molecule has 14 heteroatoms. The molecule has 53 heavy (non-hydrogen) atoms. The van der Waals surface area contributed by atoms with E-state index in [2.05, 4.69) is 86.9 Å². The van der Waals surface area contributed by atoms with Gasteiger partial charge in [0.1, 0.15) is 11.9 Å². The van der Waals surface area contributed by atoms with E-state index in [1.54, 1.807) is 21.5 Å². The average Bonchev–Trinajstić information content (AvgIpc) is 3.69. The zero-order valence-corrected chi connectivity index (χ0v) is 36.7. The number of halogens is 2. The molecule has 1 aromatic carbocycles. The van der Waals surface area contributed by atoms with Crippen molar-refractivity contribution in [2.24, 2.45) is 7.05 Å². The molecule has 5 rings (SSSR count). The SMILES string of the molecule is C=Cc1nn(C2CCCCO2)c2cc(F)c(-c3c(C)nn(C)c3O[C@@H](C)CN(Cc3c(I)c(OCC)nn3CCO[Si](C)(C)C(C)(C)C)C(C)C)cc12. The maximum absolute atomic E-state index is 16.2. The second-order valence-corrected chi connectivity index (χ2v) is 21.8. The third kappa shape index (κ3) is 9.03. The monoisotopic (exact) mass is 863 g/mol. The fourth-order valence-electron chi connectivity index (χ4n) is 6.57. The minimum absolute atomic E-state index is 0.127. The van der Waals surface area contributed by atoms with Crippen molar-refractivity contribution in [3.63, 3.8) is 0 Å². The minimum Gasteiger partial charge on any atom is -0.476 e. The van der Waals surface area contributed by atoms with Gasteiger partial charge in [-0.25, -0.2) is 13.8 Å². The standard InChI is InChI=1S/C39H59FIN7O4Si/c1-13-31-29-21-28(30(40)22-32(29)48(43-31)34-17-15-16-19-50-34)35-27(6)42-45(10)38(35)52-26(5)23-46(25(3)4)24-33-36(41)37(49-14-2)44-47(33)18-20-51-53(11,12)39(7,8)9/h13,21-22,25-26,34H,1,14-20,23-24H2,2-12H3/t26-,34?/m0/s1. The summed E-state index contributed by atoms with van der Waals surface area (Å²) in [5, 5.41) is 15.3. The molecule has 11 nitrogen and oxygen atoms in total. The number of aryl methyl sites for hydroxylation is 2. The Bertz CT molecular complexity index is 1890. The lowest BCUT2D eigenvalue weighted by atomic mass is 10.0. The molecule has 0 bridgehead atoms. The van der Waals surface area contributed by atoms with Gasteiger partial charge in [-0.3, -0.25) is 9.58 Å². The minimum atomic E-state index is -1.91. The summed E-state index contributed by atoms with van der Waals surface area (Å²) in [5.41, 5.74) is 4.18. The first kappa shape index (κ1) is 41.4. The lowest BCUT2D eigenvalue weighted by molar-refractivity contribution is -0.0367. The highest BCUT2D eigenvalue weighted by molar-refractivity contribution is 14.1. The van der Waals surface area contributed by atoms with Crippen LogP contribution in [0, 0.1) is 16.3 Å². The van der Waals surface area contributed by atoms with Crippen LogP contribution in [0.3, 0.4) is 0 Å². The fourth-order valence-corrected chi connectivity index (χ4v) is 8.32. The lowest BCUT2D eigenvalue weighted by Crippen LogP contribution is -2.41. The second kappa shape index (κ2) is 16.9. The van der Waals surface area contributed by atoms with Crippen LogP contribution in [0.15, 0.2) is 18.7 Å². The van der Waals surface area contributed by atoms with E-state index in [0.717, 1.165) is 33.9 Å². The summed E-state index contributed by atoms with van der Waals surface area (Å²) in [7, 11) is -0.0750. The second-order valence-electron chi connectivity index (χ2n) is 15.9. The predicted octanol–water partition coefficient (Wildman–Crippen LogP) is 9.13. The van der Waals surface area contributed by atoms with Crippen LogP contribution in [0.4, 0.5) is 4.39 Å². The first-order chi connectivity index (χ1) is 25.0. The van der Waals surface area contributed by atoms with E-state index in [4.69, 9.17) is 28.8 Å². The zero-order valence-electron chi connectivity index (χ0n) is 33.6. The Morgan fingerprint density at radius 2 is 1.91 bits per heavy atom. The molecule has 0 N–H and O–H groups in total. The van der Waals surface area contributed by atoms with Crippen LogP contribution in [0.2, 0.25) is 18.1 Å². The van der Waals surface area contributed by atoms with Crippen LogP contribution in [-0.2, 0) is 29.3 Å². The Hall–Kier alpha value is -2.79. The van der Waals surface area contributed by atoms with Crippen molar-refractivity contribution < 1.29 is 23.0 Å². The molecule has 2 atom stereocenters. The van der Waals surface area contributed by atoms with Gasteiger partial charge in [0, 0.05) is 49.8 Å². The average molecular weight is 864 g/mol. The van der Waals surface area contributed by atoms with E-state index in [0.29, 0.717) is 79.2 Å². The van der Waals surface area contributed by atoms with Gasteiger partial charge in [0.05, 0.1) is 51.5 Å². The summed E-state index contributed by atoms with van der Waals surface area (Å²) in [6.07, 6.45) is 4.13. The highest BCUT2D eigenvalue weighted by atomic mass is 127. The molecule has 1 aliphatic rings. The summed E-state index contributed by atoms with van der Waals surface area (Å²) < 4.78 is 48.0. The van der Waals surface area contributed by atoms with Crippen LogP contribution in [-0.4, -0.2) is 81.1 Å². The third-order valence-corrected chi connectivity index (χ3v) is 16.2. The molecule has 4 aromatic rings. The number of hydrogen-bond donors (Lipinski definition) is 0. The lowest BCUT2D eigenvalue weighted by Gasteiger charge is -2.36. The zero-order chi connectivity index (χ0) is 38.8. The molecule has 292 valence electrons. The van der Waals surface area contributed by atoms with Gasteiger partial charge in [0.2, 0.25) is 11.8 Å². The van der Waals surface area contributed by atoms with Crippen LogP contribution in [0.1, 0.15) is 91.0 Å². The molecule has 1 unspecified atom stereocenters. The van der Waals surface area contributed by atoms with Gasteiger partial charge in [-0.1, -0.05) is 27.4 Å². The van der Waals surface area contributed by atoms with Crippen LogP contribution < -0.4 is 9.47 Å². The summed E-state index contributed by atoms with van der Waals surface area (Å²) in [6.45, 7) is 29.3. The fraction of sp³-hybridized carbons (Fsp3) is 0.615. The number of aromatic nitrogens is 6. The molecule has 1 saturated heterocycles. The Labute approximate surface area is 329 Å². The van der Waals surface area contributed by atoms with Gasteiger partial charge in [0.25, 0.3) is 0 Å². The number of fused-ring (bicyclic) bond motifs is 1. The van der Waals surface area contributed by atoms with Gasteiger partial charge < -0.3 is 18.6 Å². The molecular weight excluding hydrogens is 804 g/mol. The van der Waals surface area contributed by atoms with Gasteiger partial charge in [-0.05, 0) is 107 Å². The van der Waals surface area contributed by atoms with Gasteiger partial charge in [-0.2, -0.15) is 10.2 Å². The van der Waals surface area contributed by atoms with Crippen molar-refractivity contribution >= 4 is 47.9 Å². The first-order valence-electron chi connectivity index (χ1n) is 18.9. The Morgan fingerprint density at radius 1 is 1.17 bits per heavy atom. The third-order valence-electron chi connectivity index (χ3n) is 10.6. The first-order valence-corrected chi connectivity index (χ1v) is 22.9. The molecule has 0 amide bonds. The van der Waals surface area contributed by atoms with Crippen molar-refractivity contribution in [3.8, 4) is 22.9 Å². The normalized spacial score (nSPS) is 16.2. The van der Waals surface area contributed by atoms with Crippen LogP contribution >= 0.6 is 22.6 Å². The van der Waals surface area contributed by atoms with Gasteiger partial charge in [0.15, 0.2) is 14.5 Å². The quantitative estimate of drug-likeness (QED) is 0.0814. The van der Waals surface area contributed by atoms with E-state index in [9.17, 15) is 0 Å². The molecule has 3 aromatic heterocycles. The Morgan fingerprint density at radius 3 is 2.53 bits per heavy atom. The topological polar surface area (TPSA) is 93.6 Å².